The summed E-state index contributed by atoms with van der Waals surface area (Å²) in [5.74, 6) is 2.08. The Morgan fingerprint density at radius 3 is 2.25 bits per heavy atom. The number of rotatable bonds is 5. The van der Waals surface area contributed by atoms with E-state index < -0.39 is 0 Å². The van der Waals surface area contributed by atoms with Crippen LogP contribution in [0, 0.1) is 0 Å². The fourth-order valence-electron chi connectivity index (χ4n) is 0.500. The van der Waals surface area contributed by atoms with Gasteiger partial charge in [0.15, 0.2) is 0 Å². The lowest BCUT2D eigenvalue weighted by Crippen LogP contribution is -2.02. The first-order valence-electron chi connectivity index (χ1n) is 4.53. The monoisotopic (exact) mass is 193 g/mol. The molecule has 0 saturated carbocycles. The summed E-state index contributed by atoms with van der Waals surface area (Å²) in [6.45, 7) is 4.02. The van der Waals surface area contributed by atoms with Crippen LogP contribution >= 0.6 is 11.8 Å². The molecule has 0 spiro atoms. The molecule has 0 fully saturated rings. The lowest BCUT2D eigenvalue weighted by Gasteiger charge is -2.01. The SMILES string of the molecule is CCCCSC[C@@H](C)O.CNC. The van der Waals surface area contributed by atoms with Crippen molar-refractivity contribution in [3.05, 3.63) is 0 Å². The first-order chi connectivity index (χ1) is 5.68. The van der Waals surface area contributed by atoms with Crippen LogP contribution < -0.4 is 5.32 Å². The summed E-state index contributed by atoms with van der Waals surface area (Å²) in [5, 5.41) is 11.6. The first kappa shape index (κ1) is 14.8. The molecule has 0 aromatic rings. The highest BCUT2D eigenvalue weighted by Gasteiger charge is 1.93. The van der Waals surface area contributed by atoms with E-state index in [9.17, 15) is 0 Å². The van der Waals surface area contributed by atoms with Crippen LogP contribution in [-0.4, -0.2) is 36.8 Å². The van der Waals surface area contributed by atoms with Crippen molar-refractivity contribution in [1.29, 1.82) is 0 Å². The van der Waals surface area contributed by atoms with Crippen LogP contribution in [0.1, 0.15) is 26.7 Å². The smallest absolute Gasteiger partial charge is 0.0602 e. The van der Waals surface area contributed by atoms with E-state index in [1.165, 1.54) is 18.6 Å². The van der Waals surface area contributed by atoms with Gasteiger partial charge in [-0.2, -0.15) is 11.8 Å². The number of aliphatic hydroxyl groups is 1. The normalized spacial score (nSPS) is 11.8. The quantitative estimate of drug-likeness (QED) is 0.652. The van der Waals surface area contributed by atoms with Crippen LogP contribution in [0.3, 0.4) is 0 Å². The number of thioether (sulfide) groups is 1. The molecule has 0 aliphatic rings. The Kier molecular flexibility index (Phi) is 17.0. The second kappa shape index (κ2) is 13.8. The zero-order chi connectivity index (χ0) is 9.82. The Bertz CT molecular complexity index is 69.5. The van der Waals surface area contributed by atoms with Crippen molar-refractivity contribution >= 4 is 11.8 Å². The summed E-state index contributed by atoms with van der Waals surface area (Å²) in [6.07, 6.45) is 2.40. The van der Waals surface area contributed by atoms with Gasteiger partial charge in [-0.1, -0.05) is 13.3 Å². The molecule has 0 rings (SSSR count). The maximum Gasteiger partial charge on any atom is 0.0602 e. The van der Waals surface area contributed by atoms with Crippen LogP contribution in [0.4, 0.5) is 0 Å². The van der Waals surface area contributed by atoms with Crippen molar-refractivity contribution in [3.63, 3.8) is 0 Å². The minimum atomic E-state index is -0.133. The zero-order valence-corrected chi connectivity index (χ0v) is 9.58. The number of aliphatic hydroxyl groups excluding tert-OH is 1. The Labute approximate surface area is 81.1 Å². The number of nitrogens with one attached hydrogen (secondary N) is 1. The molecule has 0 bridgehead atoms. The fourth-order valence-corrected chi connectivity index (χ4v) is 1.50. The standard InChI is InChI=1S/C7H16OS.C2H7N/c1-3-4-5-9-6-7(2)8;1-3-2/h7-8H,3-6H2,1-2H3;3H,1-2H3/t7-;/m1./s1. The van der Waals surface area contributed by atoms with E-state index >= 15 is 0 Å². The fraction of sp³-hybridized carbons (Fsp3) is 1.00. The molecular formula is C9H23NOS. The van der Waals surface area contributed by atoms with Gasteiger partial charge in [0.05, 0.1) is 6.10 Å². The number of hydrogen-bond donors (Lipinski definition) is 2. The summed E-state index contributed by atoms with van der Waals surface area (Å²) < 4.78 is 0. The van der Waals surface area contributed by atoms with Crippen molar-refractivity contribution < 1.29 is 5.11 Å². The second-order valence-corrected chi connectivity index (χ2v) is 3.93. The van der Waals surface area contributed by atoms with Gasteiger partial charge in [0.2, 0.25) is 0 Å². The highest BCUT2D eigenvalue weighted by atomic mass is 32.2. The third kappa shape index (κ3) is 22.4. The average Bonchev–Trinajstić information content (AvgIpc) is 1.99. The average molecular weight is 193 g/mol. The maximum absolute atomic E-state index is 8.83. The zero-order valence-electron chi connectivity index (χ0n) is 8.76. The molecule has 2 nitrogen and oxygen atoms in total. The van der Waals surface area contributed by atoms with Crippen LogP contribution in [0.25, 0.3) is 0 Å². The Hall–Kier alpha value is 0.270. The molecule has 0 amide bonds. The van der Waals surface area contributed by atoms with Crippen molar-refractivity contribution in [2.24, 2.45) is 0 Å². The molecule has 0 unspecified atom stereocenters. The summed E-state index contributed by atoms with van der Waals surface area (Å²) in [7, 11) is 3.75. The molecule has 12 heavy (non-hydrogen) atoms. The van der Waals surface area contributed by atoms with Crippen LogP contribution in [-0.2, 0) is 0 Å². The van der Waals surface area contributed by atoms with Gasteiger partial charge in [-0.25, -0.2) is 0 Å². The van der Waals surface area contributed by atoms with E-state index in [0.29, 0.717) is 0 Å². The highest BCUT2D eigenvalue weighted by molar-refractivity contribution is 7.99. The molecule has 2 N–H and O–H groups in total. The minimum absolute atomic E-state index is 0.133. The second-order valence-electron chi connectivity index (χ2n) is 2.78. The minimum Gasteiger partial charge on any atom is -0.393 e. The van der Waals surface area contributed by atoms with E-state index in [2.05, 4.69) is 12.2 Å². The Morgan fingerprint density at radius 1 is 1.42 bits per heavy atom. The highest BCUT2D eigenvalue weighted by Crippen LogP contribution is 2.05. The molecular weight excluding hydrogens is 170 g/mol. The molecule has 0 saturated heterocycles. The predicted molar refractivity (Wildman–Crippen MR) is 58.9 cm³/mol. The molecule has 1 atom stereocenters. The molecule has 0 aromatic heterocycles. The third-order valence-electron chi connectivity index (χ3n) is 1.00. The van der Waals surface area contributed by atoms with Crippen molar-refractivity contribution in [2.45, 2.75) is 32.8 Å². The number of hydrogen-bond acceptors (Lipinski definition) is 3. The van der Waals surface area contributed by atoms with Gasteiger partial charge in [-0.3, -0.25) is 0 Å². The lowest BCUT2D eigenvalue weighted by molar-refractivity contribution is 0.220. The maximum atomic E-state index is 8.83. The number of unbranched alkanes of at least 4 members (excludes halogenated alkanes) is 1. The molecule has 0 aliphatic carbocycles. The van der Waals surface area contributed by atoms with Gasteiger partial charge in [0.1, 0.15) is 0 Å². The summed E-state index contributed by atoms with van der Waals surface area (Å²) in [6, 6.07) is 0. The van der Waals surface area contributed by atoms with E-state index in [1.54, 1.807) is 0 Å². The topological polar surface area (TPSA) is 32.3 Å². The van der Waals surface area contributed by atoms with Crippen LogP contribution in [0.2, 0.25) is 0 Å². The van der Waals surface area contributed by atoms with Gasteiger partial charge >= 0.3 is 0 Å². The van der Waals surface area contributed by atoms with Crippen LogP contribution in [0.15, 0.2) is 0 Å². The van der Waals surface area contributed by atoms with Gasteiger partial charge in [-0.05, 0) is 33.2 Å². The van der Waals surface area contributed by atoms with Gasteiger partial charge in [0.25, 0.3) is 0 Å². The summed E-state index contributed by atoms with van der Waals surface area (Å²) >= 11 is 1.84. The van der Waals surface area contributed by atoms with Gasteiger partial charge in [-0.15, -0.1) is 0 Å². The lowest BCUT2D eigenvalue weighted by atomic mass is 10.4. The third-order valence-corrected chi connectivity index (χ3v) is 2.30. The Morgan fingerprint density at radius 2 is 1.92 bits per heavy atom. The molecule has 0 aromatic carbocycles. The van der Waals surface area contributed by atoms with Crippen LogP contribution in [0.5, 0.6) is 0 Å². The predicted octanol–water partition coefficient (Wildman–Crippen LogP) is 1.74. The first-order valence-corrected chi connectivity index (χ1v) is 5.68. The van der Waals surface area contributed by atoms with E-state index in [0.717, 1.165) is 5.75 Å². The largest absolute Gasteiger partial charge is 0.393 e. The van der Waals surface area contributed by atoms with Crippen molar-refractivity contribution in [3.8, 4) is 0 Å². The molecule has 0 heterocycles. The van der Waals surface area contributed by atoms with Gasteiger partial charge in [0, 0.05) is 5.75 Å². The Balaban J connectivity index is 0. The summed E-state index contributed by atoms with van der Waals surface area (Å²) in [5.41, 5.74) is 0. The van der Waals surface area contributed by atoms with E-state index in [1.807, 2.05) is 32.8 Å². The van der Waals surface area contributed by atoms with E-state index in [-0.39, 0.29) is 6.10 Å². The molecule has 3 heteroatoms. The van der Waals surface area contributed by atoms with Gasteiger partial charge < -0.3 is 10.4 Å². The molecule has 0 radical (unpaired) electrons. The van der Waals surface area contributed by atoms with Crippen molar-refractivity contribution in [1.82, 2.24) is 5.32 Å². The summed E-state index contributed by atoms with van der Waals surface area (Å²) in [4.78, 5) is 0. The van der Waals surface area contributed by atoms with Crippen molar-refractivity contribution in [2.75, 3.05) is 25.6 Å². The molecule has 76 valence electrons. The van der Waals surface area contributed by atoms with E-state index in [4.69, 9.17) is 5.11 Å². The molecule has 0 aliphatic heterocycles.